The fraction of sp³-hybridized carbons (Fsp3) is 0.154. The molecule has 0 bridgehead atoms. The number of phenols is 1. The number of carbonyl (C=O) groups excluding carboxylic acids is 1. The van der Waals surface area contributed by atoms with Gasteiger partial charge in [-0.25, -0.2) is 0 Å². The number of amides is 1. The fourth-order valence-electron chi connectivity index (χ4n) is 1.53. The fourth-order valence-corrected chi connectivity index (χ4v) is 1.73. The maximum atomic E-state index is 11.7. The topological polar surface area (TPSA) is 62.5 Å². The first-order chi connectivity index (χ1) is 8.66. The Morgan fingerprint density at radius 1 is 1.28 bits per heavy atom. The van der Waals surface area contributed by atoms with Crippen LogP contribution < -0.4 is 5.32 Å². The van der Waals surface area contributed by atoms with Gasteiger partial charge in [-0.1, -0.05) is 12.1 Å². The Morgan fingerprint density at radius 2 is 2.00 bits per heavy atom. The molecular weight excluding hydrogens is 254 g/mol. The number of furan rings is 1. The number of carbonyl (C=O) groups is 1. The predicted molar refractivity (Wildman–Crippen MR) is 67.9 cm³/mol. The number of hydrogen-bond donors (Lipinski definition) is 2. The molecule has 0 atom stereocenters. The average Bonchev–Trinajstić information content (AvgIpc) is 2.78. The van der Waals surface area contributed by atoms with Crippen LogP contribution in [0.1, 0.15) is 15.9 Å². The van der Waals surface area contributed by atoms with E-state index in [-0.39, 0.29) is 16.9 Å². The molecule has 0 unspecified atom stereocenters. The Kier molecular flexibility index (Phi) is 3.89. The first-order valence-corrected chi connectivity index (χ1v) is 5.83. The zero-order valence-electron chi connectivity index (χ0n) is 9.52. The van der Waals surface area contributed by atoms with Gasteiger partial charge in [0.05, 0.1) is 11.8 Å². The highest BCUT2D eigenvalue weighted by Gasteiger charge is 2.11. The van der Waals surface area contributed by atoms with Gasteiger partial charge in [-0.05, 0) is 41.8 Å². The largest absolute Gasteiger partial charge is 0.508 e. The molecular formula is C13H12ClNO3. The van der Waals surface area contributed by atoms with Crippen LogP contribution in [0.25, 0.3) is 0 Å². The maximum absolute atomic E-state index is 11.7. The first-order valence-electron chi connectivity index (χ1n) is 5.46. The number of halogens is 1. The van der Waals surface area contributed by atoms with Crippen LogP contribution in [-0.2, 0) is 6.42 Å². The number of rotatable bonds is 4. The van der Waals surface area contributed by atoms with Crippen molar-refractivity contribution in [2.45, 2.75) is 6.42 Å². The van der Waals surface area contributed by atoms with E-state index in [2.05, 4.69) is 5.32 Å². The zero-order chi connectivity index (χ0) is 13.0. The second-order valence-electron chi connectivity index (χ2n) is 3.78. The summed E-state index contributed by atoms with van der Waals surface area (Å²) in [4.78, 5) is 11.7. The standard InChI is InChI=1S/C13H12ClNO3/c14-12-11(6-8-18-12)13(17)15-7-5-9-1-3-10(16)4-2-9/h1-4,6,8,16H,5,7H2,(H,15,17). The molecule has 0 aliphatic carbocycles. The van der Waals surface area contributed by atoms with Crippen LogP contribution >= 0.6 is 11.6 Å². The number of aromatic hydroxyl groups is 1. The van der Waals surface area contributed by atoms with Crippen molar-refractivity contribution < 1.29 is 14.3 Å². The number of nitrogens with one attached hydrogen (secondary N) is 1. The molecule has 2 aromatic rings. The predicted octanol–water partition coefficient (Wildman–Crippen LogP) is 2.61. The van der Waals surface area contributed by atoms with E-state index in [1.165, 1.54) is 12.3 Å². The highest BCUT2D eigenvalue weighted by molar-refractivity contribution is 6.32. The monoisotopic (exact) mass is 265 g/mol. The van der Waals surface area contributed by atoms with Gasteiger partial charge in [-0.15, -0.1) is 0 Å². The van der Waals surface area contributed by atoms with E-state index < -0.39 is 0 Å². The van der Waals surface area contributed by atoms with Crippen LogP contribution in [0.2, 0.25) is 5.22 Å². The Bertz CT molecular complexity index is 533. The van der Waals surface area contributed by atoms with Crippen LogP contribution in [0, 0.1) is 0 Å². The molecule has 5 heteroatoms. The second-order valence-corrected chi connectivity index (χ2v) is 4.12. The van der Waals surface area contributed by atoms with E-state index in [9.17, 15) is 4.79 Å². The van der Waals surface area contributed by atoms with Gasteiger partial charge in [0.15, 0.2) is 0 Å². The van der Waals surface area contributed by atoms with Crippen molar-refractivity contribution >= 4 is 17.5 Å². The summed E-state index contributed by atoms with van der Waals surface area (Å²) in [6.45, 7) is 0.491. The van der Waals surface area contributed by atoms with Gasteiger partial charge in [0.1, 0.15) is 5.75 Å². The van der Waals surface area contributed by atoms with Crippen molar-refractivity contribution in [3.8, 4) is 5.75 Å². The molecule has 0 radical (unpaired) electrons. The third-order valence-corrected chi connectivity index (χ3v) is 2.79. The van der Waals surface area contributed by atoms with E-state index in [0.29, 0.717) is 18.5 Å². The molecule has 2 N–H and O–H groups in total. The SMILES string of the molecule is O=C(NCCc1ccc(O)cc1)c1ccoc1Cl. The van der Waals surface area contributed by atoms with Crippen LogP contribution in [0.4, 0.5) is 0 Å². The molecule has 0 saturated carbocycles. The molecule has 1 aromatic heterocycles. The molecule has 0 aliphatic rings. The molecule has 0 saturated heterocycles. The summed E-state index contributed by atoms with van der Waals surface area (Å²) in [5.74, 6) is -0.0273. The third-order valence-electron chi connectivity index (χ3n) is 2.50. The molecule has 1 aromatic carbocycles. The number of benzene rings is 1. The minimum atomic E-state index is -0.257. The smallest absolute Gasteiger partial charge is 0.256 e. The van der Waals surface area contributed by atoms with Crippen molar-refractivity contribution in [1.29, 1.82) is 0 Å². The Labute approximate surface area is 109 Å². The van der Waals surface area contributed by atoms with Crippen molar-refractivity contribution in [3.05, 3.63) is 52.9 Å². The summed E-state index contributed by atoms with van der Waals surface area (Å²) in [7, 11) is 0. The highest BCUT2D eigenvalue weighted by Crippen LogP contribution is 2.16. The minimum Gasteiger partial charge on any atom is -0.508 e. The average molecular weight is 266 g/mol. The molecule has 2 rings (SSSR count). The van der Waals surface area contributed by atoms with Gasteiger partial charge < -0.3 is 14.8 Å². The molecule has 1 heterocycles. The lowest BCUT2D eigenvalue weighted by molar-refractivity contribution is 0.0953. The molecule has 1 amide bonds. The summed E-state index contributed by atoms with van der Waals surface area (Å²) in [6, 6.07) is 8.38. The Hall–Kier alpha value is -1.94. The molecule has 0 spiro atoms. The molecule has 18 heavy (non-hydrogen) atoms. The van der Waals surface area contributed by atoms with E-state index >= 15 is 0 Å². The first kappa shape index (κ1) is 12.5. The lowest BCUT2D eigenvalue weighted by atomic mass is 10.1. The maximum Gasteiger partial charge on any atom is 0.256 e. The molecule has 0 fully saturated rings. The van der Waals surface area contributed by atoms with Crippen LogP contribution in [0.5, 0.6) is 5.75 Å². The normalized spacial score (nSPS) is 10.3. The van der Waals surface area contributed by atoms with Crippen molar-refractivity contribution in [2.75, 3.05) is 6.54 Å². The van der Waals surface area contributed by atoms with Gasteiger partial charge >= 0.3 is 0 Å². The summed E-state index contributed by atoms with van der Waals surface area (Å²) in [5.41, 5.74) is 1.37. The summed E-state index contributed by atoms with van der Waals surface area (Å²) < 4.78 is 4.84. The van der Waals surface area contributed by atoms with Crippen LogP contribution in [0.15, 0.2) is 41.0 Å². The summed E-state index contributed by atoms with van der Waals surface area (Å²) >= 11 is 5.69. The van der Waals surface area contributed by atoms with Gasteiger partial charge in [-0.3, -0.25) is 4.79 Å². The van der Waals surface area contributed by atoms with Crippen molar-refractivity contribution in [1.82, 2.24) is 5.32 Å². The molecule has 0 aliphatic heterocycles. The quantitative estimate of drug-likeness (QED) is 0.893. The Balaban J connectivity index is 1.84. The Morgan fingerprint density at radius 3 is 2.61 bits per heavy atom. The zero-order valence-corrected chi connectivity index (χ0v) is 10.3. The lowest BCUT2D eigenvalue weighted by Crippen LogP contribution is -2.25. The molecule has 4 nitrogen and oxygen atoms in total. The number of hydrogen-bond acceptors (Lipinski definition) is 3. The van der Waals surface area contributed by atoms with E-state index in [0.717, 1.165) is 5.56 Å². The van der Waals surface area contributed by atoms with Gasteiger partial charge in [0, 0.05) is 6.54 Å². The van der Waals surface area contributed by atoms with Gasteiger partial charge in [0.2, 0.25) is 5.22 Å². The van der Waals surface area contributed by atoms with Crippen LogP contribution in [-0.4, -0.2) is 17.6 Å². The van der Waals surface area contributed by atoms with E-state index in [1.807, 2.05) is 12.1 Å². The summed E-state index contributed by atoms with van der Waals surface area (Å²) in [6.07, 6.45) is 2.05. The van der Waals surface area contributed by atoms with Crippen LogP contribution in [0.3, 0.4) is 0 Å². The van der Waals surface area contributed by atoms with Crippen molar-refractivity contribution in [3.63, 3.8) is 0 Å². The van der Waals surface area contributed by atoms with E-state index in [1.54, 1.807) is 12.1 Å². The third kappa shape index (κ3) is 3.05. The van der Waals surface area contributed by atoms with E-state index in [4.69, 9.17) is 21.1 Å². The van der Waals surface area contributed by atoms with Crippen molar-refractivity contribution in [2.24, 2.45) is 0 Å². The molecule has 94 valence electrons. The summed E-state index contributed by atoms with van der Waals surface area (Å²) in [5, 5.41) is 12.0. The van der Waals surface area contributed by atoms with Gasteiger partial charge in [-0.2, -0.15) is 0 Å². The lowest BCUT2D eigenvalue weighted by Gasteiger charge is -2.04. The highest BCUT2D eigenvalue weighted by atomic mass is 35.5. The number of phenolic OH excluding ortho intramolecular Hbond substituents is 1. The second kappa shape index (κ2) is 5.60. The minimum absolute atomic E-state index is 0.0946. The van der Waals surface area contributed by atoms with Gasteiger partial charge in [0.25, 0.3) is 5.91 Å².